The molecule has 0 unspecified atom stereocenters. The normalized spacial score (nSPS) is 22.0. The van der Waals surface area contributed by atoms with Crippen molar-refractivity contribution in [2.24, 2.45) is 5.92 Å². The van der Waals surface area contributed by atoms with E-state index in [4.69, 9.17) is 9.26 Å². The average molecular weight is 308 g/mol. The highest BCUT2D eigenvalue weighted by Gasteiger charge is 2.23. The van der Waals surface area contributed by atoms with E-state index in [-0.39, 0.29) is 11.8 Å². The molecule has 5 heteroatoms. The minimum absolute atomic E-state index is 0.122. The van der Waals surface area contributed by atoms with Crippen molar-refractivity contribution in [3.05, 3.63) is 17.0 Å². The number of nitrogens with zero attached hydrogens (tertiary/aromatic N) is 1. The maximum atomic E-state index is 12.3. The molecule has 0 spiro atoms. The molecule has 0 bridgehead atoms. The predicted octanol–water partition coefficient (Wildman–Crippen LogP) is 3.43. The summed E-state index contributed by atoms with van der Waals surface area (Å²) in [6.07, 6.45) is 5.28. The lowest BCUT2D eigenvalue weighted by atomic mass is 9.88. The number of hydrogen-bond donors (Lipinski definition) is 1. The number of carbonyl (C=O) groups excluding carboxylic acids is 1. The first-order valence-corrected chi connectivity index (χ1v) is 8.36. The van der Waals surface area contributed by atoms with Crippen molar-refractivity contribution in [3.63, 3.8) is 0 Å². The average Bonchev–Trinajstić information content (AvgIpc) is 2.87. The Hall–Kier alpha value is -1.36. The van der Waals surface area contributed by atoms with E-state index in [2.05, 4.69) is 17.4 Å². The third kappa shape index (κ3) is 4.09. The number of ether oxygens (including phenoxy) is 1. The summed E-state index contributed by atoms with van der Waals surface area (Å²) in [6.45, 7) is 9.10. The van der Waals surface area contributed by atoms with Crippen molar-refractivity contribution in [2.75, 3.05) is 13.2 Å². The number of hydrogen-bond acceptors (Lipinski definition) is 4. The summed E-state index contributed by atoms with van der Waals surface area (Å²) in [5.41, 5.74) is 1.21. The van der Waals surface area contributed by atoms with E-state index >= 15 is 0 Å². The van der Waals surface area contributed by atoms with Gasteiger partial charge in [-0.3, -0.25) is 4.79 Å². The van der Waals surface area contributed by atoms with Gasteiger partial charge in [-0.15, -0.1) is 0 Å². The van der Waals surface area contributed by atoms with Crippen molar-refractivity contribution < 1.29 is 14.1 Å². The van der Waals surface area contributed by atoms with Gasteiger partial charge < -0.3 is 14.6 Å². The van der Waals surface area contributed by atoms with Crippen molar-refractivity contribution in [3.8, 4) is 0 Å². The fourth-order valence-corrected chi connectivity index (χ4v) is 3.05. The van der Waals surface area contributed by atoms with Crippen LogP contribution in [0.15, 0.2) is 4.52 Å². The lowest BCUT2D eigenvalue weighted by Crippen LogP contribution is -2.32. The van der Waals surface area contributed by atoms with Gasteiger partial charge in [0.25, 0.3) is 5.91 Å². The zero-order valence-electron chi connectivity index (χ0n) is 14.1. The smallest absolute Gasteiger partial charge is 0.256 e. The minimum atomic E-state index is -0.122. The van der Waals surface area contributed by atoms with Gasteiger partial charge in [0.05, 0.1) is 18.4 Å². The zero-order chi connectivity index (χ0) is 16.1. The van der Waals surface area contributed by atoms with Gasteiger partial charge in [-0.05, 0) is 25.7 Å². The van der Waals surface area contributed by atoms with Crippen molar-refractivity contribution in [1.29, 1.82) is 0 Å². The third-order valence-electron chi connectivity index (χ3n) is 4.39. The van der Waals surface area contributed by atoms with Crippen LogP contribution >= 0.6 is 0 Å². The van der Waals surface area contributed by atoms with Crippen molar-refractivity contribution in [2.45, 2.75) is 65.4 Å². The summed E-state index contributed by atoms with van der Waals surface area (Å²) in [5, 5.41) is 6.82. The van der Waals surface area contributed by atoms with E-state index in [0.717, 1.165) is 6.42 Å². The molecule has 1 N–H and O–H groups in total. The van der Waals surface area contributed by atoms with Crippen LogP contribution in [0.4, 0.5) is 0 Å². The minimum Gasteiger partial charge on any atom is -0.376 e. The van der Waals surface area contributed by atoms with E-state index in [0.29, 0.717) is 42.2 Å². The first-order valence-electron chi connectivity index (χ1n) is 8.36. The van der Waals surface area contributed by atoms with E-state index < -0.39 is 0 Å². The Morgan fingerprint density at radius 2 is 2.14 bits per heavy atom. The van der Waals surface area contributed by atoms with Crippen molar-refractivity contribution >= 4 is 5.91 Å². The molecule has 1 aromatic rings. The highest BCUT2D eigenvalue weighted by Crippen LogP contribution is 2.26. The molecular weight excluding hydrogens is 280 g/mol. The second-order valence-corrected chi connectivity index (χ2v) is 6.59. The molecule has 1 saturated carbocycles. The van der Waals surface area contributed by atoms with Gasteiger partial charge >= 0.3 is 0 Å². The van der Waals surface area contributed by atoms with Gasteiger partial charge in [0.1, 0.15) is 5.56 Å². The Kier molecular flexibility index (Phi) is 6.00. The maximum absolute atomic E-state index is 12.3. The molecule has 22 heavy (non-hydrogen) atoms. The van der Waals surface area contributed by atoms with Gasteiger partial charge in [0.15, 0.2) is 5.76 Å². The van der Waals surface area contributed by atoms with Crippen LogP contribution in [0.5, 0.6) is 0 Å². The lowest BCUT2D eigenvalue weighted by molar-refractivity contribution is -0.00294. The molecule has 1 amide bonds. The molecule has 1 aliphatic rings. The van der Waals surface area contributed by atoms with Crippen molar-refractivity contribution in [1.82, 2.24) is 10.5 Å². The van der Waals surface area contributed by atoms with E-state index in [1.165, 1.54) is 19.3 Å². The molecular formula is C17H28N2O3. The summed E-state index contributed by atoms with van der Waals surface area (Å²) < 4.78 is 11.2. The maximum Gasteiger partial charge on any atom is 0.256 e. The fourth-order valence-electron chi connectivity index (χ4n) is 3.05. The Morgan fingerprint density at radius 3 is 2.82 bits per heavy atom. The second kappa shape index (κ2) is 7.77. The second-order valence-electron chi connectivity index (χ2n) is 6.59. The Labute approximate surface area is 132 Å². The summed E-state index contributed by atoms with van der Waals surface area (Å²) in [5.74, 6) is 1.29. The first-order chi connectivity index (χ1) is 10.5. The van der Waals surface area contributed by atoms with E-state index in [9.17, 15) is 4.79 Å². The molecule has 1 heterocycles. The van der Waals surface area contributed by atoms with Crippen LogP contribution in [0.25, 0.3) is 0 Å². The molecule has 0 saturated heterocycles. The molecule has 0 aromatic carbocycles. The molecule has 1 fully saturated rings. The van der Waals surface area contributed by atoms with Crippen LogP contribution in [-0.4, -0.2) is 30.3 Å². The summed E-state index contributed by atoms with van der Waals surface area (Å²) in [6, 6.07) is 0. The summed E-state index contributed by atoms with van der Waals surface area (Å²) in [4.78, 5) is 12.3. The van der Waals surface area contributed by atoms with Gasteiger partial charge in [-0.25, -0.2) is 0 Å². The number of amides is 1. The largest absolute Gasteiger partial charge is 0.376 e. The van der Waals surface area contributed by atoms with Crippen LogP contribution in [0.2, 0.25) is 0 Å². The lowest BCUT2D eigenvalue weighted by Gasteiger charge is -2.28. The van der Waals surface area contributed by atoms with Gasteiger partial charge in [0, 0.05) is 12.5 Å². The van der Waals surface area contributed by atoms with Crippen LogP contribution in [0.3, 0.4) is 0 Å². The van der Waals surface area contributed by atoms with Crippen LogP contribution in [0, 0.1) is 12.8 Å². The molecule has 1 aliphatic carbocycles. The molecule has 0 radical (unpaired) electrons. The van der Waals surface area contributed by atoms with E-state index in [1.54, 1.807) is 6.92 Å². The summed E-state index contributed by atoms with van der Waals surface area (Å²) in [7, 11) is 0. The predicted molar refractivity (Wildman–Crippen MR) is 85.0 cm³/mol. The topological polar surface area (TPSA) is 64.4 Å². The summed E-state index contributed by atoms with van der Waals surface area (Å²) >= 11 is 0. The molecule has 2 rings (SSSR count). The Morgan fingerprint density at radius 1 is 1.41 bits per heavy atom. The van der Waals surface area contributed by atoms with Gasteiger partial charge in [-0.1, -0.05) is 38.8 Å². The highest BCUT2D eigenvalue weighted by atomic mass is 16.5. The Balaban J connectivity index is 1.79. The molecule has 0 aliphatic heterocycles. The van der Waals surface area contributed by atoms with Crippen LogP contribution < -0.4 is 5.32 Å². The molecule has 2 atom stereocenters. The van der Waals surface area contributed by atoms with Gasteiger partial charge in [0.2, 0.25) is 0 Å². The van der Waals surface area contributed by atoms with Gasteiger partial charge in [-0.2, -0.15) is 0 Å². The number of carbonyl (C=O) groups is 1. The number of aromatic nitrogens is 1. The molecule has 124 valence electrons. The standard InChI is InChI=1S/C17H28N2O3/c1-11(2)16-15(13(4)19-22-16)17(20)18-9-10-21-14-8-6-5-7-12(14)3/h11-12,14H,5-10H2,1-4H3,(H,18,20)/t12-,14-/m0/s1. The number of aryl methyl sites for hydroxylation is 1. The SMILES string of the molecule is Cc1noc(C(C)C)c1C(=O)NCCO[C@H]1CCCC[C@@H]1C. The zero-order valence-corrected chi connectivity index (χ0v) is 14.1. The molecule has 5 nitrogen and oxygen atoms in total. The molecule has 1 aromatic heterocycles. The Bertz CT molecular complexity index is 496. The number of nitrogens with one attached hydrogen (secondary N) is 1. The highest BCUT2D eigenvalue weighted by molar-refractivity contribution is 5.96. The van der Waals surface area contributed by atoms with Crippen LogP contribution in [0.1, 0.15) is 74.2 Å². The quantitative estimate of drug-likeness (QED) is 0.818. The van der Waals surface area contributed by atoms with E-state index in [1.807, 2.05) is 13.8 Å². The van der Waals surface area contributed by atoms with Crippen LogP contribution in [-0.2, 0) is 4.74 Å². The monoisotopic (exact) mass is 308 g/mol. The number of rotatable bonds is 6. The first kappa shape index (κ1) is 17.0. The third-order valence-corrected chi connectivity index (χ3v) is 4.39. The fraction of sp³-hybridized carbons (Fsp3) is 0.765.